The molecule has 0 fully saturated rings. The van der Waals surface area contributed by atoms with Crippen LogP contribution < -0.4 is 0 Å². The van der Waals surface area contributed by atoms with E-state index in [4.69, 9.17) is 0 Å². The van der Waals surface area contributed by atoms with Gasteiger partial charge >= 0.3 is 0 Å². The monoisotopic (exact) mass is 384 g/mol. The molecule has 4 aromatic rings. The standard InChI is InChI=1S/C25H20S2/c1-4-10-20(11-5-1)21-16-18-22(19-17-21)25(26-23-12-6-2-7-13-23)27-24-14-8-3-9-15-24/h1-19,25H. The molecule has 0 spiro atoms. The zero-order valence-electron chi connectivity index (χ0n) is 14.9. The highest BCUT2D eigenvalue weighted by Crippen LogP contribution is 2.47. The van der Waals surface area contributed by atoms with Gasteiger partial charge in [-0.25, -0.2) is 0 Å². The molecule has 0 saturated carbocycles. The van der Waals surface area contributed by atoms with Crippen molar-refractivity contribution in [1.82, 2.24) is 0 Å². The van der Waals surface area contributed by atoms with Crippen molar-refractivity contribution in [1.29, 1.82) is 0 Å². The number of hydrogen-bond acceptors (Lipinski definition) is 2. The lowest BCUT2D eigenvalue weighted by Gasteiger charge is -2.17. The lowest BCUT2D eigenvalue weighted by atomic mass is 10.0. The molecule has 0 aromatic heterocycles. The molecule has 0 aliphatic rings. The van der Waals surface area contributed by atoms with Crippen molar-refractivity contribution >= 4 is 23.5 Å². The van der Waals surface area contributed by atoms with Gasteiger partial charge in [0.15, 0.2) is 0 Å². The van der Waals surface area contributed by atoms with Gasteiger partial charge in [0, 0.05) is 9.79 Å². The van der Waals surface area contributed by atoms with Gasteiger partial charge in [-0.1, -0.05) is 91.0 Å². The second kappa shape index (κ2) is 8.98. The van der Waals surface area contributed by atoms with Gasteiger partial charge in [0.2, 0.25) is 0 Å². The Morgan fingerprint density at radius 2 is 0.815 bits per heavy atom. The molecule has 0 atom stereocenters. The van der Waals surface area contributed by atoms with Crippen LogP contribution in [0.25, 0.3) is 11.1 Å². The highest BCUT2D eigenvalue weighted by atomic mass is 32.2. The van der Waals surface area contributed by atoms with E-state index in [1.165, 1.54) is 26.5 Å². The van der Waals surface area contributed by atoms with E-state index in [9.17, 15) is 0 Å². The van der Waals surface area contributed by atoms with Crippen LogP contribution in [0.15, 0.2) is 125 Å². The third-order valence-electron chi connectivity index (χ3n) is 4.26. The van der Waals surface area contributed by atoms with Crippen molar-refractivity contribution in [3.8, 4) is 11.1 Å². The average molecular weight is 385 g/mol. The Hall–Kier alpha value is -2.42. The fourth-order valence-corrected chi connectivity index (χ4v) is 5.44. The zero-order valence-corrected chi connectivity index (χ0v) is 16.5. The zero-order chi connectivity index (χ0) is 18.3. The highest BCUT2D eigenvalue weighted by Gasteiger charge is 2.15. The Morgan fingerprint density at radius 3 is 1.30 bits per heavy atom. The number of benzene rings is 4. The van der Waals surface area contributed by atoms with Gasteiger partial charge in [0.05, 0.1) is 4.58 Å². The first-order chi connectivity index (χ1) is 13.4. The Balaban J connectivity index is 1.61. The summed E-state index contributed by atoms with van der Waals surface area (Å²) in [7, 11) is 0. The summed E-state index contributed by atoms with van der Waals surface area (Å²) in [5.41, 5.74) is 3.84. The van der Waals surface area contributed by atoms with Crippen molar-refractivity contribution < 1.29 is 0 Å². The van der Waals surface area contributed by atoms with Crippen molar-refractivity contribution in [3.63, 3.8) is 0 Å². The van der Waals surface area contributed by atoms with E-state index in [0.29, 0.717) is 4.58 Å². The van der Waals surface area contributed by atoms with Gasteiger partial charge in [-0.3, -0.25) is 0 Å². The molecule has 0 nitrogen and oxygen atoms in total. The molecule has 0 unspecified atom stereocenters. The first kappa shape index (κ1) is 18.0. The molecule has 0 heterocycles. The smallest absolute Gasteiger partial charge is 0.0845 e. The fourth-order valence-electron chi connectivity index (χ4n) is 2.87. The summed E-state index contributed by atoms with van der Waals surface area (Å²) in [6.07, 6.45) is 0. The van der Waals surface area contributed by atoms with E-state index in [2.05, 4.69) is 115 Å². The van der Waals surface area contributed by atoms with Crippen LogP contribution in [0.4, 0.5) is 0 Å². The molecule has 0 aliphatic heterocycles. The van der Waals surface area contributed by atoms with E-state index in [0.717, 1.165) is 0 Å². The highest BCUT2D eigenvalue weighted by molar-refractivity contribution is 8.16. The minimum absolute atomic E-state index is 0.305. The van der Waals surface area contributed by atoms with Gasteiger partial charge in [-0.15, -0.1) is 23.5 Å². The Labute approximate surface area is 169 Å². The predicted octanol–water partition coefficient (Wildman–Crippen LogP) is 7.94. The van der Waals surface area contributed by atoms with Gasteiger partial charge in [0.1, 0.15) is 0 Å². The topological polar surface area (TPSA) is 0 Å². The largest absolute Gasteiger partial charge is 0.107 e. The number of hydrogen-bond donors (Lipinski definition) is 0. The molecule has 0 N–H and O–H groups in total. The van der Waals surface area contributed by atoms with Crippen molar-refractivity contribution in [2.75, 3.05) is 0 Å². The van der Waals surface area contributed by atoms with Crippen LogP contribution >= 0.6 is 23.5 Å². The molecule has 2 heteroatoms. The molecule has 0 saturated heterocycles. The van der Waals surface area contributed by atoms with Crippen molar-refractivity contribution in [2.45, 2.75) is 14.4 Å². The normalized spacial score (nSPS) is 10.9. The summed E-state index contributed by atoms with van der Waals surface area (Å²) in [6.45, 7) is 0. The second-order valence-corrected chi connectivity index (χ2v) is 8.84. The van der Waals surface area contributed by atoms with Gasteiger partial charge < -0.3 is 0 Å². The van der Waals surface area contributed by atoms with Crippen LogP contribution in [0.5, 0.6) is 0 Å². The van der Waals surface area contributed by atoms with Crippen LogP contribution in [-0.2, 0) is 0 Å². The van der Waals surface area contributed by atoms with Crippen molar-refractivity contribution in [2.24, 2.45) is 0 Å². The van der Waals surface area contributed by atoms with Crippen LogP contribution in [0.2, 0.25) is 0 Å². The second-order valence-electron chi connectivity index (χ2n) is 6.18. The molecule has 0 aliphatic carbocycles. The molecule has 0 radical (unpaired) electrons. The average Bonchev–Trinajstić information content (AvgIpc) is 2.76. The molecule has 27 heavy (non-hydrogen) atoms. The Morgan fingerprint density at radius 1 is 0.407 bits per heavy atom. The predicted molar refractivity (Wildman–Crippen MR) is 119 cm³/mol. The number of rotatable bonds is 6. The summed E-state index contributed by atoms with van der Waals surface area (Å²) < 4.78 is 0.305. The van der Waals surface area contributed by atoms with Gasteiger partial charge in [-0.05, 0) is 41.0 Å². The molecule has 0 bridgehead atoms. The maximum atomic E-state index is 2.26. The van der Waals surface area contributed by atoms with E-state index in [1.807, 2.05) is 23.5 Å². The third-order valence-corrected chi connectivity index (χ3v) is 6.90. The van der Waals surface area contributed by atoms with Crippen LogP contribution in [-0.4, -0.2) is 0 Å². The lowest BCUT2D eigenvalue weighted by molar-refractivity contribution is 1.33. The number of thioether (sulfide) groups is 2. The molecule has 4 rings (SSSR count). The molecule has 4 aromatic carbocycles. The SMILES string of the molecule is c1ccc(SC(Sc2ccccc2)c2ccc(-c3ccccc3)cc2)cc1. The van der Waals surface area contributed by atoms with Gasteiger partial charge in [-0.2, -0.15) is 0 Å². The minimum Gasteiger partial charge on any atom is -0.107 e. The van der Waals surface area contributed by atoms with Crippen LogP contribution in [0.1, 0.15) is 10.1 Å². The molecular weight excluding hydrogens is 364 g/mol. The summed E-state index contributed by atoms with van der Waals surface area (Å²) in [5.74, 6) is 0. The molecular formula is C25H20S2. The summed E-state index contributed by atoms with van der Waals surface area (Å²) in [4.78, 5) is 2.58. The van der Waals surface area contributed by atoms with Crippen LogP contribution in [0, 0.1) is 0 Å². The maximum absolute atomic E-state index is 2.26. The Kier molecular flexibility index (Phi) is 5.98. The quantitative estimate of drug-likeness (QED) is 0.244. The Bertz CT molecular complexity index is 908. The molecule has 132 valence electrons. The third kappa shape index (κ3) is 4.85. The first-order valence-electron chi connectivity index (χ1n) is 8.97. The van der Waals surface area contributed by atoms with E-state index >= 15 is 0 Å². The van der Waals surface area contributed by atoms with E-state index in [-0.39, 0.29) is 0 Å². The molecule has 0 amide bonds. The minimum atomic E-state index is 0.305. The lowest BCUT2D eigenvalue weighted by Crippen LogP contribution is -1.90. The summed E-state index contributed by atoms with van der Waals surface area (Å²) in [5, 5.41) is 0. The van der Waals surface area contributed by atoms with Gasteiger partial charge in [0.25, 0.3) is 0 Å². The first-order valence-corrected chi connectivity index (χ1v) is 10.7. The van der Waals surface area contributed by atoms with E-state index < -0.39 is 0 Å². The van der Waals surface area contributed by atoms with Crippen LogP contribution in [0.3, 0.4) is 0 Å². The summed E-state index contributed by atoms with van der Waals surface area (Å²) in [6, 6.07) is 40.8. The summed E-state index contributed by atoms with van der Waals surface area (Å²) >= 11 is 3.80. The maximum Gasteiger partial charge on any atom is 0.0845 e. The van der Waals surface area contributed by atoms with Crippen molar-refractivity contribution in [3.05, 3.63) is 121 Å². The van der Waals surface area contributed by atoms with E-state index in [1.54, 1.807) is 0 Å². The fraction of sp³-hybridized carbons (Fsp3) is 0.0400.